The molecule has 0 aliphatic carbocycles. The van der Waals surface area contributed by atoms with E-state index in [4.69, 9.17) is 9.47 Å². The van der Waals surface area contributed by atoms with Gasteiger partial charge in [-0.1, -0.05) is 30.3 Å². The predicted octanol–water partition coefficient (Wildman–Crippen LogP) is 3.45. The van der Waals surface area contributed by atoms with Crippen LogP contribution in [0, 0.1) is 0 Å². The molecule has 1 aromatic heterocycles. The Kier molecular flexibility index (Phi) is 4.50. The molecular weight excluding hydrogens is 254 g/mol. The molecule has 0 N–H and O–H groups in total. The van der Waals surface area contributed by atoms with E-state index in [0.29, 0.717) is 22.8 Å². The van der Waals surface area contributed by atoms with Crippen molar-refractivity contribution in [2.24, 2.45) is 0 Å². The van der Waals surface area contributed by atoms with E-state index in [9.17, 15) is 4.79 Å². The molecule has 0 unspecified atom stereocenters. The second kappa shape index (κ2) is 6.52. The molecule has 0 aliphatic rings. The lowest BCUT2D eigenvalue weighted by Gasteiger charge is -2.11. The number of hydrogen-bond acceptors (Lipinski definition) is 4. The Morgan fingerprint density at radius 1 is 1.15 bits per heavy atom. The van der Waals surface area contributed by atoms with E-state index in [2.05, 4.69) is 4.98 Å². The lowest BCUT2D eigenvalue weighted by molar-refractivity contribution is -0.133. The highest BCUT2D eigenvalue weighted by atomic mass is 16.5. The molecule has 0 radical (unpaired) electrons. The van der Waals surface area contributed by atoms with Gasteiger partial charge in [0.15, 0.2) is 0 Å². The van der Waals surface area contributed by atoms with Crippen LogP contribution >= 0.6 is 0 Å². The first-order valence-electron chi connectivity index (χ1n) is 6.19. The van der Waals surface area contributed by atoms with Crippen LogP contribution in [0.25, 0.3) is 5.57 Å². The molecule has 1 aromatic carbocycles. The molecule has 20 heavy (non-hydrogen) atoms. The van der Waals surface area contributed by atoms with Gasteiger partial charge in [0.05, 0.1) is 12.7 Å². The van der Waals surface area contributed by atoms with Crippen molar-refractivity contribution in [2.75, 3.05) is 7.11 Å². The number of aromatic nitrogens is 1. The first-order chi connectivity index (χ1) is 9.76. The predicted molar refractivity (Wildman–Crippen MR) is 76.4 cm³/mol. The average Bonchev–Trinajstić information content (AvgIpc) is 2.50. The quantitative estimate of drug-likeness (QED) is 0.630. The number of hydrogen-bond donors (Lipinski definition) is 0. The van der Waals surface area contributed by atoms with Crippen molar-refractivity contribution in [1.29, 1.82) is 0 Å². The summed E-state index contributed by atoms with van der Waals surface area (Å²) in [6, 6.07) is 12.7. The zero-order valence-electron chi connectivity index (χ0n) is 11.4. The summed E-state index contributed by atoms with van der Waals surface area (Å²) in [6.07, 6.45) is 3.35. The highest BCUT2D eigenvalue weighted by Gasteiger charge is 2.16. The number of nitrogens with zero attached hydrogens (tertiary/aromatic N) is 1. The van der Waals surface area contributed by atoms with Gasteiger partial charge in [-0.25, -0.2) is 9.78 Å². The SMILES string of the molecule is CC=C(C(=O)OC)c1ccccc1Oc1ccccn1. The Bertz CT molecular complexity index is 621. The van der Waals surface area contributed by atoms with Crippen molar-refractivity contribution in [3.05, 3.63) is 60.3 Å². The van der Waals surface area contributed by atoms with Crippen LogP contribution in [0.3, 0.4) is 0 Å². The number of ether oxygens (including phenoxy) is 2. The summed E-state index contributed by atoms with van der Waals surface area (Å²) in [5.41, 5.74) is 1.13. The lowest BCUT2D eigenvalue weighted by Crippen LogP contribution is -2.05. The van der Waals surface area contributed by atoms with E-state index in [-0.39, 0.29) is 0 Å². The maximum absolute atomic E-state index is 11.8. The molecule has 2 aromatic rings. The van der Waals surface area contributed by atoms with Crippen molar-refractivity contribution < 1.29 is 14.3 Å². The maximum Gasteiger partial charge on any atom is 0.338 e. The zero-order valence-corrected chi connectivity index (χ0v) is 11.4. The van der Waals surface area contributed by atoms with Gasteiger partial charge in [0.1, 0.15) is 5.75 Å². The van der Waals surface area contributed by atoms with Crippen LogP contribution in [-0.4, -0.2) is 18.1 Å². The lowest BCUT2D eigenvalue weighted by atomic mass is 10.0. The van der Waals surface area contributed by atoms with Crippen LogP contribution < -0.4 is 4.74 Å². The standard InChI is InChI=1S/C16H15NO3/c1-3-12(16(18)19-2)13-8-4-5-9-14(13)20-15-10-6-7-11-17-15/h3-11H,1-2H3. The van der Waals surface area contributed by atoms with Crippen LogP contribution in [0.5, 0.6) is 11.6 Å². The minimum Gasteiger partial charge on any atom is -0.465 e. The summed E-state index contributed by atoms with van der Waals surface area (Å²) in [5.74, 6) is 0.634. The van der Waals surface area contributed by atoms with Gasteiger partial charge < -0.3 is 9.47 Å². The number of rotatable bonds is 4. The molecule has 0 fully saturated rings. The normalized spacial score (nSPS) is 11.0. The van der Waals surface area contributed by atoms with E-state index >= 15 is 0 Å². The number of methoxy groups -OCH3 is 1. The van der Waals surface area contributed by atoms with Gasteiger partial charge in [-0.05, 0) is 19.1 Å². The van der Waals surface area contributed by atoms with Crippen LogP contribution in [-0.2, 0) is 9.53 Å². The minimum absolute atomic E-state index is 0.399. The average molecular weight is 269 g/mol. The summed E-state index contributed by atoms with van der Waals surface area (Å²) >= 11 is 0. The maximum atomic E-state index is 11.8. The number of carbonyl (C=O) groups is 1. The van der Waals surface area contributed by atoms with Gasteiger partial charge in [0.2, 0.25) is 5.88 Å². The molecule has 0 atom stereocenters. The molecule has 1 heterocycles. The van der Waals surface area contributed by atoms with Gasteiger partial charge in [-0.2, -0.15) is 0 Å². The first kappa shape index (κ1) is 13.8. The largest absolute Gasteiger partial charge is 0.465 e. The van der Waals surface area contributed by atoms with Crippen LogP contribution in [0.1, 0.15) is 12.5 Å². The summed E-state index contributed by atoms with van der Waals surface area (Å²) in [6.45, 7) is 1.78. The highest BCUT2D eigenvalue weighted by Crippen LogP contribution is 2.29. The van der Waals surface area contributed by atoms with Crippen molar-refractivity contribution in [1.82, 2.24) is 4.98 Å². The van der Waals surface area contributed by atoms with Crippen LogP contribution in [0.4, 0.5) is 0 Å². The Hall–Kier alpha value is -2.62. The summed E-state index contributed by atoms with van der Waals surface area (Å²) in [4.78, 5) is 15.9. The van der Waals surface area contributed by atoms with Crippen LogP contribution in [0.15, 0.2) is 54.7 Å². The molecule has 0 saturated carbocycles. The fraction of sp³-hybridized carbons (Fsp3) is 0.125. The number of allylic oxidation sites excluding steroid dienone is 1. The Morgan fingerprint density at radius 2 is 1.90 bits per heavy atom. The summed E-state index contributed by atoms with van der Waals surface area (Å²) in [7, 11) is 1.36. The van der Waals surface area contributed by atoms with Crippen molar-refractivity contribution >= 4 is 11.5 Å². The Labute approximate surface area is 117 Å². The Morgan fingerprint density at radius 3 is 2.55 bits per heavy atom. The number of carbonyl (C=O) groups excluding carboxylic acids is 1. The van der Waals surface area contributed by atoms with E-state index in [1.807, 2.05) is 30.3 Å². The number of pyridine rings is 1. The third-order valence-electron chi connectivity index (χ3n) is 2.72. The van der Waals surface area contributed by atoms with Crippen molar-refractivity contribution in [3.8, 4) is 11.6 Å². The van der Waals surface area contributed by atoms with E-state index < -0.39 is 5.97 Å². The molecule has 4 nitrogen and oxygen atoms in total. The molecule has 2 rings (SSSR count). The molecule has 0 bridgehead atoms. The van der Waals surface area contributed by atoms with Crippen molar-refractivity contribution in [2.45, 2.75) is 6.92 Å². The minimum atomic E-state index is -0.399. The fourth-order valence-corrected chi connectivity index (χ4v) is 1.79. The van der Waals surface area contributed by atoms with Crippen LogP contribution in [0.2, 0.25) is 0 Å². The van der Waals surface area contributed by atoms with Gasteiger partial charge >= 0.3 is 5.97 Å². The monoisotopic (exact) mass is 269 g/mol. The number of esters is 1. The van der Waals surface area contributed by atoms with Crippen molar-refractivity contribution in [3.63, 3.8) is 0 Å². The summed E-state index contributed by atoms with van der Waals surface area (Å²) < 4.78 is 10.5. The molecule has 0 saturated heterocycles. The third kappa shape index (κ3) is 3.03. The summed E-state index contributed by atoms with van der Waals surface area (Å²) in [5, 5.41) is 0. The van der Waals surface area contributed by atoms with Gasteiger partial charge in [0.25, 0.3) is 0 Å². The topological polar surface area (TPSA) is 48.4 Å². The van der Waals surface area contributed by atoms with E-state index in [1.165, 1.54) is 7.11 Å². The fourth-order valence-electron chi connectivity index (χ4n) is 1.79. The highest BCUT2D eigenvalue weighted by molar-refractivity contribution is 6.17. The second-order valence-electron chi connectivity index (χ2n) is 3.96. The van der Waals surface area contributed by atoms with E-state index in [1.54, 1.807) is 31.3 Å². The third-order valence-corrected chi connectivity index (χ3v) is 2.72. The molecule has 0 aliphatic heterocycles. The molecule has 4 heteroatoms. The van der Waals surface area contributed by atoms with Gasteiger partial charge in [0, 0.05) is 17.8 Å². The smallest absolute Gasteiger partial charge is 0.338 e. The molecule has 0 spiro atoms. The molecule has 102 valence electrons. The first-order valence-corrected chi connectivity index (χ1v) is 6.19. The van der Waals surface area contributed by atoms with E-state index in [0.717, 1.165) is 0 Å². The van der Waals surface area contributed by atoms with Gasteiger partial charge in [-0.3, -0.25) is 0 Å². The molecular formula is C16H15NO3. The Balaban J connectivity index is 2.38. The second-order valence-corrected chi connectivity index (χ2v) is 3.96. The zero-order chi connectivity index (χ0) is 14.4. The number of benzene rings is 1. The molecule has 0 amide bonds. The number of para-hydroxylation sites is 1. The van der Waals surface area contributed by atoms with Gasteiger partial charge in [-0.15, -0.1) is 0 Å².